The van der Waals surface area contributed by atoms with Gasteiger partial charge < -0.3 is 9.64 Å². The van der Waals surface area contributed by atoms with E-state index in [1.807, 2.05) is 12.3 Å². The van der Waals surface area contributed by atoms with Gasteiger partial charge in [0.05, 0.1) is 12.8 Å². The summed E-state index contributed by atoms with van der Waals surface area (Å²) in [6, 6.07) is 8.33. The van der Waals surface area contributed by atoms with Crippen molar-refractivity contribution in [2.75, 3.05) is 51.3 Å². The number of hydrogen-bond donors (Lipinski definition) is 0. The Morgan fingerprint density at radius 2 is 1.83 bits per heavy atom. The molecular formula is C22H33Cl2N5O. The highest BCUT2D eigenvalue weighted by atomic mass is 35.5. The van der Waals surface area contributed by atoms with Crippen molar-refractivity contribution >= 4 is 30.8 Å². The van der Waals surface area contributed by atoms with Crippen molar-refractivity contribution in [2.45, 2.75) is 32.9 Å². The highest BCUT2D eigenvalue weighted by Crippen LogP contribution is 2.22. The number of anilines is 1. The highest BCUT2D eigenvalue weighted by molar-refractivity contribution is 5.85. The summed E-state index contributed by atoms with van der Waals surface area (Å²) in [4.78, 5) is 17.0. The highest BCUT2D eigenvalue weighted by Gasteiger charge is 2.22. The van der Waals surface area contributed by atoms with Gasteiger partial charge in [0.1, 0.15) is 5.75 Å². The topological polar surface area (TPSA) is 44.7 Å². The van der Waals surface area contributed by atoms with Gasteiger partial charge in [-0.25, -0.2) is 9.97 Å². The molecule has 2 aromatic rings. The maximum absolute atomic E-state index is 5.35. The normalized spacial score (nSPS) is 16.9. The van der Waals surface area contributed by atoms with Crippen LogP contribution >= 0.6 is 24.8 Å². The van der Waals surface area contributed by atoms with Crippen LogP contribution in [0.4, 0.5) is 5.95 Å². The van der Waals surface area contributed by atoms with E-state index >= 15 is 0 Å². The molecule has 4 rings (SSSR count). The second-order valence-electron chi connectivity index (χ2n) is 7.78. The fourth-order valence-electron chi connectivity index (χ4n) is 4.17. The van der Waals surface area contributed by atoms with Gasteiger partial charge in [0.2, 0.25) is 5.95 Å². The first-order valence-corrected chi connectivity index (χ1v) is 10.4. The van der Waals surface area contributed by atoms with Crippen LogP contribution in [-0.4, -0.2) is 66.1 Å². The molecule has 0 bridgehead atoms. The van der Waals surface area contributed by atoms with E-state index in [1.54, 1.807) is 7.11 Å². The van der Waals surface area contributed by atoms with Crippen LogP contribution in [-0.2, 0) is 19.5 Å². The van der Waals surface area contributed by atoms with E-state index in [9.17, 15) is 0 Å². The quantitative estimate of drug-likeness (QED) is 0.667. The second kappa shape index (κ2) is 11.7. The zero-order valence-electron chi connectivity index (χ0n) is 17.9. The number of nitrogens with zero attached hydrogens (tertiary/aromatic N) is 5. The minimum Gasteiger partial charge on any atom is -0.497 e. The smallest absolute Gasteiger partial charge is 0.225 e. The molecule has 0 aliphatic carbocycles. The number of fused-ring (bicyclic) bond motifs is 1. The van der Waals surface area contributed by atoms with Crippen molar-refractivity contribution in [2.24, 2.45) is 0 Å². The van der Waals surface area contributed by atoms with E-state index < -0.39 is 0 Å². The fourth-order valence-corrected chi connectivity index (χ4v) is 4.17. The zero-order chi connectivity index (χ0) is 19.3. The van der Waals surface area contributed by atoms with Gasteiger partial charge in [0.15, 0.2) is 0 Å². The lowest BCUT2D eigenvalue weighted by Crippen LogP contribution is -2.47. The molecule has 0 saturated carbocycles. The Labute approximate surface area is 192 Å². The predicted octanol–water partition coefficient (Wildman–Crippen LogP) is 3.42. The third kappa shape index (κ3) is 5.97. The summed E-state index contributed by atoms with van der Waals surface area (Å²) < 4.78 is 5.35. The molecule has 6 nitrogen and oxygen atoms in total. The molecule has 8 heteroatoms. The summed E-state index contributed by atoms with van der Waals surface area (Å²) in [5.74, 6) is 1.83. The lowest BCUT2D eigenvalue weighted by Gasteiger charge is -2.35. The van der Waals surface area contributed by atoms with Gasteiger partial charge in [0.25, 0.3) is 0 Å². The van der Waals surface area contributed by atoms with Crippen LogP contribution < -0.4 is 9.64 Å². The lowest BCUT2D eigenvalue weighted by molar-refractivity contribution is 0.242. The molecular weight excluding hydrogens is 421 g/mol. The lowest BCUT2D eigenvalue weighted by atomic mass is 10.1. The fraction of sp³-hybridized carbons (Fsp3) is 0.545. The molecule has 0 amide bonds. The number of aromatic nitrogens is 2. The third-order valence-corrected chi connectivity index (χ3v) is 5.74. The minimum atomic E-state index is 0. The van der Waals surface area contributed by atoms with E-state index in [1.165, 1.54) is 29.8 Å². The van der Waals surface area contributed by atoms with E-state index in [4.69, 9.17) is 14.7 Å². The number of benzene rings is 1. The average Bonchev–Trinajstić information content (AvgIpc) is 2.74. The molecule has 2 aliphatic heterocycles. The van der Waals surface area contributed by atoms with Crippen molar-refractivity contribution in [3.05, 3.63) is 47.3 Å². The molecule has 0 unspecified atom stereocenters. The van der Waals surface area contributed by atoms with Gasteiger partial charge in [-0.1, -0.05) is 19.1 Å². The molecule has 1 aromatic heterocycles. The first-order chi connectivity index (χ1) is 13.7. The summed E-state index contributed by atoms with van der Waals surface area (Å²) in [5.41, 5.74) is 3.77. The monoisotopic (exact) mass is 453 g/mol. The van der Waals surface area contributed by atoms with Gasteiger partial charge in [-0.3, -0.25) is 9.80 Å². The van der Waals surface area contributed by atoms with Crippen molar-refractivity contribution in [3.8, 4) is 5.75 Å². The van der Waals surface area contributed by atoms with Gasteiger partial charge in [-0.15, -0.1) is 24.8 Å². The first-order valence-electron chi connectivity index (χ1n) is 10.4. The van der Waals surface area contributed by atoms with Crippen molar-refractivity contribution < 1.29 is 4.74 Å². The summed E-state index contributed by atoms with van der Waals surface area (Å²) >= 11 is 0. The van der Waals surface area contributed by atoms with Gasteiger partial charge >= 0.3 is 0 Å². The van der Waals surface area contributed by atoms with Crippen LogP contribution in [0.5, 0.6) is 5.75 Å². The van der Waals surface area contributed by atoms with Gasteiger partial charge in [0, 0.05) is 64.0 Å². The van der Waals surface area contributed by atoms with E-state index in [2.05, 4.69) is 39.8 Å². The molecule has 0 radical (unpaired) electrons. The van der Waals surface area contributed by atoms with Crippen molar-refractivity contribution in [1.29, 1.82) is 0 Å². The number of piperazine rings is 1. The summed E-state index contributed by atoms with van der Waals surface area (Å²) in [6.07, 6.45) is 4.26. The van der Waals surface area contributed by atoms with Gasteiger partial charge in [-0.05, 0) is 30.7 Å². The van der Waals surface area contributed by atoms with E-state index in [0.29, 0.717) is 0 Å². The van der Waals surface area contributed by atoms with Gasteiger partial charge in [-0.2, -0.15) is 0 Å². The Hall–Kier alpha value is -1.60. The molecule has 0 spiro atoms. The maximum Gasteiger partial charge on any atom is 0.225 e. The average molecular weight is 454 g/mol. The Morgan fingerprint density at radius 3 is 2.57 bits per heavy atom. The van der Waals surface area contributed by atoms with Crippen LogP contribution in [0.25, 0.3) is 0 Å². The molecule has 2 aliphatic rings. The molecule has 0 atom stereocenters. The number of methoxy groups -OCH3 is 1. The Morgan fingerprint density at radius 1 is 1.03 bits per heavy atom. The van der Waals surface area contributed by atoms with Crippen LogP contribution in [0.3, 0.4) is 0 Å². The molecule has 166 valence electrons. The second-order valence-corrected chi connectivity index (χ2v) is 7.78. The Kier molecular flexibility index (Phi) is 9.62. The maximum atomic E-state index is 5.35. The van der Waals surface area contributed by atoms with Crippen molar-refractivity contribution in [3.63, 3.8) is 0 Å². The molecule has 30 heavy (non-hydrogen) atoms. The minimum absolute atomic E-state index is 0. The largest absolute Gasteiger partial charge is 0.497 e. The van der Waals surface area contributed by atoms with Crippen molar-refractivity contribution in [1.82, 2.24) is 19.8 Å². The zero-order valence-corrected chi connectivity index (χ0v) is 19.6. The molecule has 0 N–H and O–H groups in total. The number of rotatable bonds is 6. The number of halogens is 2. The third-order valence-electron chi connectivity index (χ3n) is 5.74. The summed E-state index contributed by atoms with van der Waals surface area (Å²) in [7, 11) is 1.72. The van der Waals surface area contributed by atoms with Crippen LogP contribution in [0.2, 0.25) is 0 Å². The number of hydrogen-bond acceptors (Lipinski definition) is 6. The molecule has 1 aromatic carbocycles. The SMILES string of the molecule is CCCN1CCN(c2ncc3c(n2)CCN(Cc2cccc(OC)c2)C3)CC1.Cl.Cl. The van der Waals surface area contributed by atoms with Crippen LogP contribution in [0.1, 0.15) is 30.2 Å². The number of ether oxygens (including phenoxy) is 1. The molecule has 1 fully saturated rings. The molecule has 3 heterocycles. The van der Waals surface area contributed by atoms with E-state index in [0.717, 1.165) is 63.9 Å². The molecule has 1 saturated heterocycles. The van der Waals surface area contributed by atoms with Crippen LogP contribution in [0, 0.1) is 0 Å². The van der Waals surface area contributed by atoms with E-state index in [-0.39, 0.29) is 24.8 Å². The van der Waals surface area contributed by atoms with Crippen LogP contribution in [0.15, 0.2) is 30.5 Å². The standard InChI is InChI=1S/C22H31N5O.2ClH/c1-3-8-25-10-12-27(13-11-25)22-23-15-19-17-26(9-7-21(19)24-22)16-18-5-4-6-20(14-18)28-2;;/h4-6,14-15H,3,7-13,16-17H2,1-2H3;2*1H. The Balaban J connectivity index is 0.00000160. The summed E-state index contributed by atoms with van der Waals surface area (Å²) in [6.45, 7) is 10.6. The first kappa shape index (κ1) is 24.7. The Bertz CT molecular complexity index is 799. The predicted molar refractivity (Wildman–Crippen MR) is 126 cm³/mol. The summed E-state index contributed by atoms with van der Waals surface area (Å²) in [5, 5.41) is 0.